The van der Waals surface area contributed by atoms with Crippen LogP contribution in [0.15, 0.2) is 54.6 Å². The van der Waals surface area contributed by atoms with Crippen molar-refractivity contribution in [3.8, 4) is 0 Å². The fraction of sp³-hybridized carbons (Fsp3) is 0.292. The van der Waals surface area contributed by atoms with Gasteiger partial charge < -0.3 is 9.80 Å². The minimum atomic E-state index is -0.636. The molecule has 1 aliphatic heterocycles. The normalized spacial score (nSPS) is 16.1. The number of carbonyl (C=O) groups excluding carboxylic acids is 2. The Balaban J connectivity index is 1.55. The van der Waals surface area contributed by atoms with E-state index in [0.717, 1.165) is 11.3 Å². The molecule has 0 spiro atoms. The van der Waals surface area contributed by atoms with Gasteiger partial charge in [0.05, 0.1) is 23.5 Å². The van der Waals surface area contributed by atoms with E-state index in [2.05, 4.69) is 5.10 Å². The molecule has 1 aromatic heterocycles. The fourth-order valence-corrected chi connectivity index (χ4v) is 4.17. The van der Waals surface area contributed by atoms with E-state index in [9.17, 15) is 14.0 Å². The molecule has 7 heteroatoms. The van der Waals surface area contributed by atoms with Gasteiger partial charge in [-0.15, -0.1) is 0 Å². The van der Waals surface area contributed by atoms with Crippen molar-refractivity contribution in [3.63, 3.8) is 0 Å². The Morgan fingerprint density at radius 2 is 1.81 bits per heavy atom. The maximum absolute atomic E-state index is 14.2. The second kappa shape index (κ2) is 8.34. The number of benzene rings is 2. The minimum Gasteiger partial charge on any atom is -0.329 e. The molecule has 0 saturated carbocycles. The highest BCUT2D eigenvalue weighted by atomic mass is 19.1. The summed E-state index contributed by atoms with van der Waals surface area (Å²) >= 11 is 0. The van der Waals surface area contributed by atoms with Crippen LogP contribution in [-0.4, -0.2) is 46.1 Å². The smallest absolute Gasteiger partial charge is 0.258 e. The molecule has 6 nitrogen and oxygen atoms in total. The van der Waals surface area contributed by atoms with E-state index in [0.29, 0.717) is 30.8 Å². The average Bonchev–Trinajstić information content (AvgIpc) is 3.27. The maximum atomic E-state index is 14.2. The van der Waals surface area contributed by atoms with Crippen LogP contribution in [0, 0.1) is 19.7 Å². The van der Waals surface area contributed by atoms with Crippen molar-refractivity contribution in [2.24, 2.45) is 0 Å². The first-order valence-electron chi connectivity index (χ1n) is 10.3. The average molecular weight is 420 g/mol. The second-order valence-electron chi connectivity index (χ2n) is 7.85. The summed E-state index contributed by atoms with van der Waals surface area (Å²) in [6.07, 6.45) is 0.450. The third-order valence-electron chi connectivity index (χ3n) is 5.88. The van der Waals surface area contributed by atoms with E-state index < -0.39 is 11.9 Å². The van der Waals surface area contributed by atoms with Crippen LogP contribution in [0.25, 0.3) is 0 Å². The molecule has 0 aliphatic carbocycles. The summed E-state index contributed by atoms with van der Waals surface area (Å²) in [5.41, 5.74) is 3.23. The quantitative estimate of drug-likeness (QED) is 0.634. The molecule has 1 aliphatic rings. The van der Waals surface area contributed by atoms with E-state index in [1.807, 2.05) is 41.9 Å². The first-order chi connectivity index (χ1) is 14.9. The third-order valence-corrected chi connectivity index (χ3v) is 5.88. The van der Waals surface area contributed by atoms with Gasteiger partial charge in [0.1, 0.15) is 11.9 Å². The number of rotatable bonds is 5. The maximum Gasteiger partial charge on any atom is 0.258 e. The van der Waals surface area contributed by atoms with Crippen molar-refractivity contribution < 1.29 is 14.0 Å². The largest absolute Gasteiger partial charge is 0.329 e. The van der Waals surface area contributed by atoms with Gasteiger partial charge in [0.25, 0.3) is 5.91 Å². The lowest BCUT2D eigenvalue weighted by atomic mass is 10.1. The highest BCUT2D eigenvalue weighted by Gasteiger charge is 2.39. The molecule has 1 unspecified atom stereocenters. The molecular formula is C24H25FN4O2. The number of hydrogen-bond acceptors (Lipinski definition) is 3. The highest BCUT2D eigenvalue weighted by molar-refractivity contribution is 6.04. The molecule has 160 valence electrons. The molecule has 2 amide bonds. The number of aromatic nitrogens is 2. The monoisotopic (exact) mass is 420 g/mol. The molecule has 0 bridgehead atoms. The summed E-state index contributed by atoms with van der Waals surface area (Å²) in [6.45, 7) is 4.60. The molecule has 31 heavy (non-hydrogen) atoms. The zero-order valence-corrected chi connectivity index (χ0v) is 17.9. The number of hydrogen-bond donors (Lipinski definition) is 0. The first-order valence-corrected chi connectivity index (χ1v) is 10.3. The summed E-state index contributed by atoms with van der Waals surface area (Å²) in [5, 5.41) is 4.55. The van der Waals surface area contributed by atoms with E-state index in [1.165, 1.54) is 15.9 Å². The van der Waals surface area contributed by atoms with Gasteiger partial charge in [-0.2, -0.15) is 5.10 Å². The number of likely N-dealkylation sites (N-methyl/N-ethyl adjacent to an activating group) is 1. The Hall–Kier alpha value is -3.48. The predicted octanol–water partition coefficient (Wildman–Crippen LogP) is 3.56. The Bertz CT molecular complexity index is 1130. The van der Waals surface area contributed by atoms with Crippen molar-refractivity contribution in [1.82, 2.24) is 14.7 Å². The molecule has 0 radical (unpaired) electrons. The molecule has 4 rings (SSSR count). The van der Waals surface area contributed by atoms with Gasteiger partial charge in [-0.3, -0.25) is 14.3 Å². The van der Waals surface area contributed by atoms with Gasteiger partial charge in [-0.1, -0.05) is 42.5 Å². The van der Waals surface area contributed by atoms with Crippen LogP contribution in [0.2, 0.25) is 0 Å². The van der Waals surface area contributed by atoms with Gasteiger partial charge in [-0.05, 0) is 38.0 Å². The zero-order valence-electron chi connectivity index (χ0n) is 17.9. The van der Waals surface area contributed by atoms with Crippen molar-refractivity contribution >= 4 is 17.5 Å². The van der Waals surface area contributed by atoms with Crippen LogP contribution in [0.4, 0.5) is 10.1 Å². The topological polar surface area (TPSA) is 58.4 Å². The Labute approximate surface area is 180 Å². The lowest BCUT2D eigenvalue weighted by Crippen LogP contribution is -2.43. The number of carbonyl (C=O) groups is 2. The summed E-state index contributed by atoms with van der Waals surface area (Å²) in [5.74, 6) is -0.963. The zero-order chi connectivity index (χ0) is 22.1. The Morgan fingerprint density at radius 1 is 1.13 bits per heavy atom. The van der Waals surface area contributed by atoms with Gasteiger partial charge in [0.15, 0.2) is 0 Å². The van der Waals surface area contributed by atoms with Crippen molar-refractivity contribution in [3.05, 3.63) is 82.9 Å². The molecule has 1 atom stereocenters. The van der Waals surface area contributed by atoms with E-state index >= 15 is 0 Å². The molecule has 2 aromatic carbocycles. The molecule has 1 saturated heterocycles. The SMILES string of the molecule is Cc1nn(Cc2ccccc2)c(C)c1C(=O)N(C)C1CCN(c2ccccc2F)C1=O. The second-order valence-corrected chi connectivity index (χ2v) is 7.85. The van der Waals surface area contributed by atoms with Gasteiger partial charge in [0.2, 0.25) is 5.91 Å². The van der Waals surface area contributed by atoms with Gasteiger partial charge in [0, 0.05) is 19.3 Å². The lowest BCUT2D eigenvalue weighted by Gasteiger charge is -2.24. The van der Waals surface area contributed by atoms with Gasteiger partial charge >= 0.3 is 0 Å². The Kier molecular flexibility index (Phi) is 5.59. The van der Waals surface area contributed by atoms with Crippen molar-refractivity contribution in [1.29, 1.82) is 0 Å². The van der Waals surface area contributed by atoms with Crippen LogP contribution >= 0.6 is 0 Å². The molecule has 3 aromatic rings. The minimum absolute atomic E-state index is 0.247. The number of aryl methyl sites for hydroxylation is 1. The molecular weight excluding hydrogens is 395 g/mol. The summed E-state index contributed by atoms with van der Waals surface area (Å²) in [7, 11) is 1.63. The summed E-state index contributed by atoms with van der Waals surface area (Å²) < 4.78 is 16.0. The first kappa shape index (κ1) is 20.8. The number of anilines is 1. The standard InChI is InChI=1S/C24H25FN4O2/c1-16-22(17(2)29(26-16)15-18-9-5-4-6-10-18)24(31)27(3)21-13-14-28(23(21)30)20-12-8-7-11-19(20)25/h4-12,21H,13-15H2,1-3H3. The van der Waals surface area contributed by atoms with E-state index in [4.69, 9.17) is 0 Å². The molecule has 0 N–H and O–H groups in total. The van der Waals surface area contributed by atoms with Gasteiger partial charge in [-0.25, -0.2) is 4.39 Å². The van der Waals surface area contributed by atoms with Crippen molar-refractivity contribution in [2.75, 3.05) is 18.5 Å². The molecule has 1 fully saturated rings. The third kappa shape index (κ3) is 3.83. The number of amides is 2. The number of halogens is 1. The predicted molar refractivity (Wildman–Crippen MR) is 116 cm³/mol. The van der Waals surface area contributed by atoms with Crippen molar-refractivity contribution in [2.45, 2.75) is 32.9 Å². The van der Waals surface area contributed by atoms with Crippen LogP contribution in [-0.2, 0) is 11.3 Å². The van der Waals surface area contributed by atoms with Crippen LogP contribution < -0.4 is 4.90 Å². The summed E-state index contributed by atoms with van der Waals surface area (Å²) in [4.78, 5) is 29.2. The number of para-hydroxylation sites is 1. The lowest BCUT2D eigenvalue weighted by molar-refractivity contribution is -0.120. The van der Waals surface area contributed by atoms with Crippen LogP contribution in [0.1, 0.15) is 33.7 Å². The van der Waals surface area contributed by atoms with Crippen LogP contribution in [0.3, 0.4) is 0 Å². The molecule has 2 heterocycles. The van der Waals surface area contributed by atoms with E-state index in [1.54, 1.807) is 32.2 Å². The van der Waals surface area contributed by atoms with E-state index in [-0.39, 0.29) is 17.5 Å². The highest BCUT2D eigenvalue weighted by Crippen LogP contribution is 2.27. The Morgan fingerprint density at radius 3 is 2.52 bits per heavy atom. The summed E-state index contributed by atoms with van der Waals surface area (Å²) in [6, 6.07) is 15.5. The van der Waals surface area contributed by atoms with Crippen LogP contribution in [0.5, 0.6) is 0 Å². The number of nitrogens with zero attached hydrogens (tertiary/aromatic N) is 4. The fourth-order valence-electron chi connectivity index (χ4n) is 4.17.